The first-order valence-electron chi connectivity index (χ1n) is 10.6. The molecule has 0 atom stereocenters. The second kappa shape index (κ2) is 3.72. The first kappa shape index (κ1) is 21.4. The molecule has 0 spiro atoms. The molecule has 1 aliphatic carbocycles. The van der Waals surface area contributed by atoms with Crippen LogP contribution in [0.25, 0.3) is 0 Å². The predicted octanol–water partition coefficient (Wildman–Crippen LogP) is 9.56. The van der Waals surface area contributed by atoms with Crippen molar-refractivity contribution in [3.05, 3.63) is 21.5 Å². The molecule has 0 aliphatic heterocycles. The Bertz CT molecular complexity index is 563. The third-order valence-corrected chi connectivity index (χ3v) is 50.1. The standard InChI is InChI=1S/C5H5.3C4H9.5CH3.Zr/c1-2-4-5-3-1;3*1-3-4-2;;;;;;/h1-3H,4H2;3*1,3-4H2,2H3;5*1H3;. The third-order valence-electron chi connectivity index (χ3n) is 9.83. The summed E-state index contributed by atoms with van der Waals surface area (Å²) in [7, 11) is 0. The number of hydrogen-bond donors (Lipinski definition) is 0. The van der Waals surface area contributed by atoms with Crippen LogP contribution in [0.15, 0.2) is 21.5 Å². The molecule has 1 rings (SSSR count). The summed E-state index contributed by atoms with van der Waals surface area (Å²) in [5.41, 5.74) is 0. The van der Waals surface area contributed by atoms with Crippen LogP contribution in [0, 0.1) is 0 Å². The molecular formula is C22H47Zr. The average Bonchev–Trinajstić information content (AvgIpc) is 2.99. The van der Waals surface area contributed by atoms with Crippen molar-refractivity contribution < 1.29 is 12.8 Å². The summed E-state index contributed by atoms with van der Waals surface area (Å²) >= 11 is -4.93. The Morgan fingerprint density at radius 2 is 1.13 bits per heavy atom. The molecule has 139 valence electrons. The summed E-state index contributed by atoms with van der Waals surface area (Å²) in [6.45, 7) is 7.10. The summed E-state index contributed by atoms with van der Waals surface area (Å²) in [4.78, 5) is 0. The van der Waals surface area contributed by atoms with Gasteiger partial charge in [-0.05, 0) is 0 Å². The van der Waals surface area contributed by atoms with Crippen molar-refractivity contribution in [2.45, 2.75) is 101 Å². The average molecular weight is 403 g/mol. The third kappa shape index (κ3) is 3.26. The van der Waals surface area contributed by atoms with E-state index >= 15 is 0 Å². The molecule has 23 heavy (non-hydrogen) atoms. The summed E-state index contributed by atoms with van der Waals surface area (Å²) in [6, 6.07) is 0. The Morgan fingerprint density at radius 3 is 1.39 bits per heavy atom. The van der Waals surface area contributed by atoms with Crippen LogP contribution in [-0.2, 0) is 12.8 Å². The van der Waals surface area contributed by atoms with Crippen molar-refractivity contribution in [1.82, 2.24) is 0 Å². The monoisotopic (exact) mass is 401 g/mol. The molecule has 0 aromatic heterocycles. The molecular weight excluding hydrogens is 355 g/mol. The Labute approximate surface area is 135 Å². The molecule has 0 amide bonds. The summed E-state index contributed by atoms with van der Waals surface area (Å²) in [5, 5.41) is 0. The van der Waals surface area contributed by atoms with Gasteiger partial charge in [0.1, 0.15) is 0 Å². The van der Waals surface area contributed by atoms with Crippen LogP contribution < -0.4 is 0 Å². The predicted molar refractivity (Wildman–Crippen MR) is 110 cm³/mol. The van der Waals surface area contributed by atoms with E-state index in [0.29, 0.717) is 0 Å². The molecule has 0 N–H and O–H groups in total. The van der Waals surface area contributed by atoms with Gasteiger partial charge in [0.15, 0.2) is 0 Å². The van der Waals surface area contributed by atoms with Crippen LogP contribution in [0.2, 0.25) is 35.5 Å². The van der Waals surface area contributed by atoms with Gasteiger partial charge in [-0.1, -0.05) is 0 Å². The van der Waals surface area contributed by atoms with E-state index in [9.17, 15) is 0 Å². The first-order valence-corrected chi connectivity index (χ1v) is 29.4. The summed E-state index contributed by atoms with van der Waals surface area (Å²) < 4.78 is 20.2. The minimum atomic E-state index is -4.93. The Hall–Kier alpha value is 0.363. The zero-order chi connectivity index (χ0) is 18.1. The summed E-state index contributed by atoms with van der Waals surface area (Å²) in [6.07, 6.45) is 16.4. The van der Waals surface area contributed by atoms with E-state index in [0.717, 1.165) is 0 Å². The number of rotatable bonds is 10. The molecule has 0 saturated carbocycles. The van der Waals surface area contributed by atoms with Gasteiger partial charge in [-0.3, -0.25) is 0 Å². The van der Waals surface area contributed by atoms with E-state index in [-0.39, 0.29) is 0 Å². The zero-order valence-corrected chi connectivity index (χ0v) is 20.3. The van der Waals surface area contributed by atoms with E-state index in [1.54, 1.807) is 0 Å². The van der Waals surface area contributed by atoms with E-state index in [2.05, 4.69) is 62.2 Å². The molecule has 0 aromatic rings. The van der Waals surface area contributed by atoms with Crippen LogP contribution in [0.3, 0.4) is 0 Å². The fourth-order valence-electron chi connectivity index (χ4n) is 6.82. The van der Waals surface area contributed by atoms with Gasteiger partial charge in [0, 0.05) is 0 Å². The van der Waals surface area contributed by atoms with Crippen LogP contribution in [0.4, 0.5) is 0 Å². The van der Waals surface area contributed by atoms with Crippen molar-refractivity contribution in [2.24, 2.45) is 0 Å². The second-order valence-electron chi connectivity index (χ2n) is 17.5. The fourth-order valence-corrected chi connectivity index (χ4v) is 38.7. The van der Waals surface area contributed by atoms with Gasteiger partial charge in [-0.15, -0.1) is 0 Å². The Balaban J connectivity index is 3.96. The topological polar surface area (TPSA) is 0 Å². The molecule has 0 fully saturated rings. The van der Waals surface area contributed by atoms with Crippen molar-refractivity contribution in [1.29, 1.82) is 0 Å². The molecule has 0 nitrogen and oxygen atoms in total. The van der Waals surface area contributed by atoms with Crippen molar-refractivity contribution in [3.63, 3.8) is 0 Å². The number of hydrogen-bond acceptors (Lipinski definition) is 0. The molecule has 0 bridgehead atoms. The summed E-state index contributed by atoms with van der Waals surface area (Å²) in [5.74, 6) is 0. The minimum absolute atomic E-state index is 1.18. The van der Waals surface area contributed by atoms with Crippen molar-refractivity contribution in [3.8, 4) is 0 Å². The number of unbranched alkanes of at least 4 members (excludes halogenated alkanes) is 3. The molecule has 0 heterocycles. The van der Waals surface area contributed by atoms with Crippen molar-refractivity contribution >= 4 is 0 Å². The maximum absolute atomic E-state index is 4.93. The molecule has 1 heteroatoms. The molecule has 0 aromatic carbocycles. The van der Waals surface area contributed by atoms with Gasteiger partial charge >= 0.3 is 136 Å². The van der Waals surface area contributed by atoms with Crippen LogP contribution in [0.5, 0.6) is 0 Å². The maximum atomic E-state index is 2.84. The zero-order valence-electron chi connectivity index (χ0n) is 17.8. The Morgan fingerprint density at radius 1 is 0.739 bits per heavy atom. The molecule has 0 unspecified atom stereocenters. The molecule has 1 aliphatic rings. The van der Waals surface area contributed by atoms with E-state index in [1.807, 2.05) is 3.28 Å². The van der Waals surface area contributed by atoms with Gasteiger partial charge in [0.05, 0.1) is 0 Å². The fraction of sp³-hybridized carbons (Fsp3) is 0.818. The van der Waals surface area contributed by atoms with Crippen LogP contribution in [0.1, 0.15) is 65.7 Å². The quantitative estimate of drug-likeness (QED) is 0.341. The first-order chi connectivity index (χ1) is 10.0. The van der Waals surface area contributed by atoms with E-state index < -0.39 is 12.8 Å². The normalized spacial score (nSPS) is 24.5. The van der Waals surface area contributed by atoms with E-state index in [1.165, 1.54) is 57.3 Å². The Kier molecular flexibility index (Phi) is 3.46. The van der Waals surface area contributed by atoms with E-state index in [4.69, 9.17) is 0 Å². The van der Waals surface area contributed by atoms with Crippen LogP contribution >= 0.6 is 0 Å². The molecule has 0 saturated heterocycles. The second-order valence-corrected chi connectivity index (χ2v) is 85.8. The SMILES string of the molecule is CCC[CH2][Zr]([CH3])([CH3])([CH3])([CH3])([CH3])([CH2]CCC)([CH2]CCC)[C]1=CC=CC1. The van der Waals surface area contributed by atoms with Gasteiger partial charge < -0.3 is 0 Å². The van der Waals surface area contributed by atoms with Crippen molar-refractivity contribution in [2.75, 3.05) is 0 Å². The van der Waals surface area contributed by atoms with Gasteiger partial charge in [0.25, 0.3) is 0 Å². The van der Waals surface area contributed by atoms with Gasteiger partial charge in [0.2, 0.25) is 0 Å². The van der Waals surface area contributed by atoms with Gasteiger partial charge in [-0.2, -0.15) is 0 Å². The van der Waals surface area contributed by atoms with Crippen LogP contribution in [-0.4, -0.2) is 0 Å². The van der Waals surface area contributed by atoms with Gasteiger partial charge in [-0.25, -0.2) is 0 Å². The molecule has 0 radical (unpaired) electrons. The number of allylic oxidation sites excluding steroid dienone is 4.